The van der Waals surface area contributed by atoms with Gasteiger partial charge in [0, 0.05) is 19.0 Å². The summed E-state index contributed by atoms with van der Waals surface area (Å²) in [6, 6.07) is -0.446. The van der Waals surface area contributed by atoms with Crippen molar-refractivity contribution < 1.29 is 23.9 Å². The molecule has 8 nitrogen and oxygen atoms in total. The topological polar surface area (TPSA) is 105 Å². The minimum atomic E-state index is -1.09. The minimum Gasteiger partial charge on any atom is -0.451 e. The second-order valence-electron chi connectivity index (χ2n) is 6.00. The zero-order chi connectivity index (χ0) is 16.8. The number of rotatable bonds is 5. The fourth-order valence-electron chi connectivity index (χ4n) is 2.31. The highest BCUT2D eigenvalue weighted by Crippen LogP contribution is 2.18. The van der Waals surface area contributed by atoms with Crippen LogP contribution in [0.25, 0.3) is 0 Å². The maximum Gasteiger partial charge on any atom is 0.326 e. The van der Waals surface area contributed by atoms with E-state index in [1.54, 1.807) is 0 Å². The van der Waals surface area contributed by atoms with E-state index in [9.17, 15) is 19.2 Å². The van der Waals surface area contributed by atoms with Crippen LogP contribution in [-0.2, 0) is 19.1 Å². The van der Waals surface area contributed by atoms with Gasteiger partial charge in [0.1, 0.15) is 6.54 Å². The number of nitrogens with one attached hydrogen (secondary N) is 2. The molecular weight excluding hydrogens is 302 g/mol. The van der Waals surface area contributed by atoms with Crippen molar-refractivity contribution in [1.82, 2.24) is 15.5 Å². The van der Waals surface area contributed by atoms with Gasteiger partial charge in [-0.1, -0.05) is 6.42 Å². The molecule has 0 aromatic carbocycles. The fourth-order valence-corrected chi connectivity index (χ4v) is 2.31. The van der Waals surface area contributed by atoms with Crippen molar-refractivity contribution >= 4 is 23.8 Å². The van der Waals surface area contributed by atoms with E-state index >= 15 is 0 Å². The first-order valence-electron chi connectivity index (χ1n) is 8.04. The Bertz CT molecular complexity index is 490. The average molecular weight is 325 g/mol. The molecule has 4 amide bonds. The smallest absolute Gasteiger partial charge is 0.326 e. The van der Waals surface area contributed by atoms with E-state index in [4.69, 9.17) is 4.74 Å². The lowest BCUT2D eigenvalue weighted by molar-refractivity contribution is -0.157. The summed E-state index contributed by atoms with van der Waals surface area (Å²) >= 11 is 0. The van der Waals surface area contributed by atoms with Gasteiger partial charge < -0.3 is 15.0 Å². The number of hydrogen-bond acceptors (Lipinski definition) is 5. The van der Waals surface area contributed by atoms with Crippen molar-refractivity contribution in [2.24, 2.45) is 0 Å². The van der Waals surface area contributed by atoms with Crippen LogP contribution in [0.2, 0.25) is 0 Å². The molecule has 1 aliphatic carbocycles. The van der Waals surface area contributed by atoms with Crippen LogP contribution in [0, 0.1) is 0 Å². The molecule has 2 rings (SSSR count). The first-order chi connectivity index (χ1) is 11.0. The summed E-state index contributed by atoms with van der Waals surface area (Å²) in [7, 11) is 0. The number of urea groups is 1. The van der Waals surface area contributed by atoms with Gasteiger partial charge in [-0.05, 0) is 32.6 Å². The van der Waals surface area contributed by atoms with E-state index in [-0.39, 0.29) is 18.5 Å². The van der Waals surface area contributed by atoms with Gasteiger partial charge in [-0.2, -0.15) is 0 Å². The first kappa shape index (κ1) is 17.2. The monoisotopic (exact) mass is 325 g/mol. The number of likely N-dealkylation sites (tertiary alicyclic amines) is 1. The lowest BCUT2D eigenvalue weighted by Crippen LogP contribution is -2.46. The Morgan fingerprint density at radius 1 is 1.26 bits per heavy atom. The van der Waals surface area contributed by atoms with Gasteiger partial charge in [-0.3, -0.25) is 19.7 Å². The molecule has 0 radical (unpaired) electrons. The second kappa shape index (κ2) is 7.94. The van der Waals surface area contributed by atoms with Crippen molar-refractivity contribution in [2.45, 2.75) is 57.6 Å². The lowest BCUT2D eigenvalue weighted by Gasteiger charge is -2.20. The van der Waals surface area contributed by atoms with Crippen molar-refractivity contribution in [1.29, 1.82) is 0 Å². The van der Waals surface area contributed by atoms with Crippen molar-refractivity contribution in [2.75, 3.05) is 13.1 Å². The molecule has 0 spiro atoms. The number of carbonyl (C=O) groups excluding carboxylic acids is 4. The van der Waals surface area contributed by atoms with Gasteiger partial charge in [0.15, 0.2) is 6.10 Å². The van der Waals surface area contributed by atoms with Gasteiger partial charge in [0.25, 0.3) is 5.91 Å². The van der Waals surface area contributed by atoms with Gasteiger partial charge in [0.2, 0.25) is 5.91 Å². The molecule has 2 fully saturated rings. The number of amides is 4. The van der Waals surface area contributed by atoms with Crippen molar-refractivity contribution in [3.63, 3.8) is 0 Å². The van der Waals surface area contributed by atoms with Crippen LogP contribution in [0.1, 0.15) is 45.4 Å². The van der Waals surface area contributed by atoms with Crippen LogP contribution in [0.3, 0.4) is 0 Å². The summed E-state index contributed by atoms with van der Waals surface area (Å²) < 4.78 is 5.00. The Morgan fingerprint density at radius 3 is 2.70 bits per heavy atom. The lowest BCUT2D eigenvalue weighted by atomic mass is 10.2. The zero-order valence-electron chi connectivity index (χ0n) is 13.3. The van der Waals surface area contributed by atoms with E-state index in [1.165, 1.54) is 11.8 Å². The maximum absolute atomic E-state index is 11.9. The molecule has 0 bridgehead atoms. The molecule has 0 aromatic heterocycles. The third-order valence-corrected chi connectivity index (χ3v) is 3.82. The van der Waals surface area contributed by atoms with Gasteiger partial charge in [-0.15, -0.1) is 0 Å². The highest BCUT2D eigenvalue weighted by atomic mass is 16.5. The van der Waals surface area contributed by atoms with Crippen molar-refractivity contribution in [3.8, 4) is 0 Å². The number of hydrogen-bond donors (Lipinski definition) is 2. The highest BCUT2D eigenvalue weighted by molar-refractivity contribution is 5.97. The predicted octanol–water partition coefficient (Wildman–Crippen LogP) is 0.309. The molecule has 1 saturated heterocycles. The summed E-state index contributed by atoms with van der Waals surface area (Å²) in [5, 5.41) is 4.74. The van der Waals surface area contributed by atoms with Crippen LogP contribution in [-0.4, -0.2) is 54.0 Å². The zero-order valence-corrected chi connectivity index (χ0v) is 13.3. The van der Waals surface area contributed by atoms with Crippen LogP contribution >= 0.6 is 0 Å². The van der Waals surface area contributed by atoms with Crippen LogP contribution < -0.4 is 10.6 Å². The number of carbonyl (C=O) groups is 4. The Hall–Kier alpha value is -2.12. The molecule has 1 saturated carbocycles. The molecule has 1 aliphatic heterocycles. The fraction of sp³-hybridized carbons (Fsp3) is 0.733. The molecule has 128 valence electrons. The van der Waals surface area contributed by atoms with E-state index in [0.717, 1.165) is 32.1 Å². The molecule has 0 aromatic rings. The van der Waals surface area contributed by atoms with E-state index < -0.39 is 24.0 Å². The third-order valence-electron chi connectivity index (χ3n) is 3.82. The van der Waals surface area contributed by atoms with Gasteiger partial charge in [0.05, 0.1) is 0 Å². The number of nitrogens with zero attached hydrogens (tertiary/aromatic N) is 1. The molecule has 1 unspecified atom stereocenters. The first-order valence-corrected chi connectivity index (χ1v) is 8.04. The Kier molecular flexibility index (Phi) is 5.95. The molecular formula is C15H23N3O5. The largest absolute Gasteiger partial charge is 0.451 e. The van der Waals surface area contributed by atoms with Crippen molar-refractivity contribution in [3.05, 3.63) is 0 Å². The molecule has 2 aliphatic rings. The summed E-state index contributed by atoms with van der Waals surface area (Å²) in [6.07, 6.45) is 3.83. The minimum absolute atomic E-state index is 0.0691. The second-order valence-corrected chi connectivity index (χ2v) is 6.00. The summed E-state index contributed by atoms with van der Waals surface area (Å²) in [5.74, 6) is -1.40. The molecule has 1 heterocycles. The highest BCUT2D eigenvalue weighted by Gasteiger charge is 2.27. The molecule has 2 N–H and O–H groups in total. The van der Waals surface area contributed by atoms with E-state index in [0.29, 0.717) is 13.0 Å². The maximum atomic E-state index is 11.9. The average Bonchev–Trinajstić information content (AvgIpc) is 3.29. The number of esters is 1. The summed E-state index contributed by atoms with van der Waals surface area (Å²) in [4.78, 5) is 48.4. The summed E-state index contributed by atoms with van der Waals surface area (Å²) in [5.41, 5.74) is 0. The third kappa shape index (κ3) is 5.88. The molecule has 8 heteroatoms. The summed E-state index contributed by atoms with van der Waals surface area (Å²) in [6.45, 7) is 1.75. The van der Waals surface area contributed by atoms with Gasteiger partial charge >= 0.3 is 12.0 Å². The standard InChI is InChI=1S/C15H23N3O5/c1-10(14(21)17-15(22)16-11-6-7-11)23-13(20)9-18-8-4-2-3-5-12(18)19/h10-11H,2-9H2,1H3,(H2,16,17,21,22). The quantitative estimate of drug-likeness (QED) is 0.708. The van der Waals surface area contributed by atoms with Crippen LogP contribution in [0.5, 0.6) is 0 Å². The molecule has 23 heavy (non-hydrogen) atoms. The Labute approximate surface area is 134 Å². The van der Waals surface area contributed by atoms with E-state index in [2.05, 4.69) is 10.6 Å². The van der Waals surface area contributed by atoms with Gasteiger partial charge in [-0.25, -0.2) is 4.79 Å². The Morgan fingerprint density at radius 2 is 2.00 bits per heavy atom. The number of imide groups is 1. The van der Waals surface area contributed by atoms with Crippen LogP contribution in [0.4, 0.5) is 4.79 Å². The predicted molar refractivity (Wildman–Crippen MR) is 80.3 cm³/mol. The van der Waals surface area contributed by atoms with Crippen LogP contribution in [0.15, 0.2) is 0 Å². The molecule has 1 atom stereocenters. The van der Waals surface area contributed by atoms with E-state index in [1.807, 2.05) is 0 Å². The number of ether oxygens (including phenoxy) is 1. The Balaban J connectivity index is 1.73. The normalized spacial score (nSPS) is 19.5. The SMILES string of the molecule is CC(OC(=O)CN1CCCCCC1=O)C(=O)NC(=O)NC1CC1.